The molecular weight excluding hydrogens is 607 g/mol. The molecule has 202 valence electrons. The fraction of sp³-hybridized carbons (Fsp3) is 0.276. The Morgan fingerprint density at radius 2 is 1.82 bits per heavy atom. The van der Waals surface area contributed by atoms with Crippen molar-refractivity contribution in [3.8, 4) is 5.75 Å². The molecule has 1 saturated heterocycles. The van der Waals surface area contributed by atoms with E-state index in [0.29, 0.717) is 32.6 Å². The van der Waals surface area contributed by atoms with E-state index in [1.807, 2.05) is 25.1 Å². The maximum atomic E-state index is 14.3. The van der Waals surface area contributed by atoms with E-state index < -0.39 is 29.3 Å². The molecule has 0 aromatic heterocycles. The minimum Gasteiger partial charge on any atom is -0.492 e. The quantitative estimate of drug-likeness (QED) is 0.292. The molecule has 7 nitrogen and oxygen atoms in total. The van der Waals surface area contributed by atoms with Gasteiger partial charge in [0.05, 0.1) is 12.0 Å². The van der Waals surface area contributed by atoms with Crippen LogP contribution in [-0.2, 0) is 19.8 Å². The van der Waals surface area contributed by atoms with E-state index in [2.05, 4.69) is 26.6 Å². The average molecular weight is 632 g/mol. The van der Waals surface area contributed by atoms with Crippen molar-refractivity contribution in [3.05, 3.63) is 91.4 Å². The molecule has 3 N–H and O–H groups in total. The first kappa shape index (κ1) is 27.5. The Morgan fingerprint density at radius 1 is 1.10 bits per heavy atom. The Kier molecular flexibility index (Phi) is 7.39. The summed E-state index contributed by atoms with van der Waals surface area (Å²) in [6.45, 7) is 3.38. The molecule has 3 aromatic rings. The van der Waals surface area contributed by atoms with Gasteiger partial charge in [-0.3, -0.25) is 14.4 Å². The van der Waals surface area contributed by atoms with Gasteiger partial charge in [0.1, 0.15) is 17.8 Å². The zero-order valence-corrected chi connectivity index (χ0v) is 24.2. The summed E-state index contributed by atoms with van der Waals surface area (Å²) in [5, 5.41) is 16.4. The summed E-state index contributed by atoms with van der Waals surface area (Å²) in [6, 6.07) is 15.2. The molecule has 3 aromatic carbocycles. The molecule has 4 atom stereocenters. The highest BCUT2D eigenvalue weighted by Crippen LogP contribution is 2.59. The Bertz CT molecular complexity index is 1510. The van der Waals surface area contributed by atoms with Gasteiger partial charge < -0.3 is 20.5 Å². The number of aryl methyl sites for hydroxylation is 1. The van der Waals surface area contributed by atoms with Crippen molar-refractivity contribution in [3.63, 3.8) is 0 Å². The largest absolute Gasteiger partial charge is 0.492 e. The second-order valence-corrected chi connectivity index (χ2v) is 11.8. The van der Waals surface area contributed by atoms with E-state index >= 15 is 0 Å². The zero-order chi connectivity index (χ0) is 28.1. The third-order valence-corrected chi connectivity index (χ3v) is 8.52. The molecule has 2 aliphatic heterocycles. The highest BCUT2D eigenvalue weighted by Gasteiger charge is 2.61. The van der Waals surface area contributed by atoms with Crippen LogP contribution in [0, 0.1) is 12.8 Å². The summed E-state index contributed by atoms with van der Waals surface area (Å²) >= 11 is 16.3. The molecule has 0 bridgehead atoms. The number of nitrogens with one attached hydrogen (secondary N) is 2. The summed E-state index contributed by atoms with van der Waals surface area (Å²) in [7, 11) is 0. The van der Waals surface area contributed by atoms with Crippen molar-refractivity contribution in [2.45, 2.75) is 37.6 Å². The van der Waals surface area contributed by atoms with Crippen LogP contribution in [0.25, 0.3) is 0 Å². The molecular formula is C29H25BrCl2N2O5. The van der Waals surface area contributed by atoms with Crippen molar-refractivity contribution in [2.75, 3.05) is 11.9 Å². The summed E-state index contributed by atoms with van der Waals surface area (Å²) in [4.78, 5) is 39.1. The summed E-state index contributed by atoms with van der Waals surface area (Å²) in [6.07, 6.45) is -0.00705. The Morgan fingerprint density at radius 3 is 2.56 bits per heavy atom. The number of halogens is 3. The van der Waals surface area contributed by atoms with Crippen LogP contribution >= 0.6 is 39.1 Å². The number of rotatable bonds is 6. The van der Waals surface area contributed by atoms with Crippen LogP contribution in [0.3, 0.4) is 0 Å². The molecule has 10 heteroatoms. The van der Waals surface area contributed by atoms with Crippen LogP contribution in [0.2, 0.25) is 10.0 Å². The highest BCUT2D eigenvalue weighted by atomic mass is 79.9. The van der Waals surface area contributed by atoms with Gasteiger partial charge in [0.15, 0.2) is 0 Å². The number of carboxylic acid groups (broad SMARTS) is 1. The third kappa shape index (κ3) is 4.79. The van der Waals surface area contributed by atoms with Gasteiger partial charge in [-0.05, 0) is 73.0 Å². The van der Waals surface area contributed by atoms with Crippen molar-refractivity contribution in [1.82, 2.24) is 5.32 Å². The molecule has 39 heavy (non-hydrogen) atoms. The molecule has 1 fully saturated rings. The number of hydrogen-bond donors (Lipinski definition) is 3. The van der Waals surface area contributed by atoms with Crippen LogP contribution < -0.4 is 15.4 Å². The number of amides is 2. The first-order valence-electron chi connectivity index (χ1n) is 12.3. The van der Waals surface area contributed by atoms with Gasteiger partial charge in [-0.15, -0.1) is 0 Å². The van der Waals surface area contributed by atoms with Crippen molar-refractivity contribution in [2.24, 2.45) is 5.92 Å². The first-order chi connectivity index (χ1) is 18.5. The molecule has 0 aliphatic carbocycles. The lowest BCUT2D eigenvalue weighted by Gasteiger charge is -2.47. The number of benzene rings is 3. The lowest BCUT2D eigenvalue weighted by molar-refractivity contribution is -0.142. The number of carbonyl (C=O) groups is 3. The number of carboxylic acids is 1. The molecule has 0 radical (unpaired) electrons. The van der Waals surface area contributed by atoms with E-state index in [1.165, 1.54) is 0 Å². The number of piperidine rings is 1. The van der Waals surface area contributed by atoms with E-state index in [0.717, 1.165) is 15.6 Å². The third-order valence-electron chi connectivity index (χ3n) is 7.56. The highest BCUT2D eigenvalue weighted by molar-refractivity contribution is 9.10. The lowest BCUT2D eigenvalue weighted by Crippen LogP contribution is -2.57. The van der Waals surface area contributed by atoms with Crippen LogP contribution in [0.1, 0.15) is 47.6 Å². The van der Waals surface area contributed by atoms with Gasteiger partial charge >= 0.3 is 5.97 Å². The van der Waals surface area contributed by atoms with Crippen LogP contribution in [0.15, 0.2) is 59.1 Å². The van der Waals surface area contributed by atoms with Crippen molar-refractivity contribution < 1.29 is 24.2 Å². The SMILES string of the molecule is Cc1ccc(Cl)cc1[C@@H]1NC(=O)C[C@H](c2cc(Br)ccc2OCC(C)C(=O)O)[C@@]12C(=O)Nc1cc(Cl)ccc12. The Hall–Kier alpha value is -3.07. The zero-order valence-electron chi connectivity index (χ0n) is 21.1. The maximum absolute atomic E-state index is 14.3. The normalized spacial score (nSPS) is 22.7. The molecule has 1 unspecified atom stereocenters. The molecule has 1 spiro atoms. The van der Waals surface area contributed by atoms with Crippen LogP contribution in [-0.4, -0.2) is 29.5 Å². The number of anilines is 1. The van der Waals surface area contributed by atoms with Crippen LogP contribution in [0.4, 0.5) is 5.69 Å². The summed E-state index contributed by atoms with van der Waals surface area (Å²) in [5.74, 6) is -2.55. The number of hydrogen-bond acceptors (Lipinski definition) is 4. The molecule has 2 heterocycles. The standard InChI is InChI=1S/C29H25BrCl2N2O5/c1-14-3-5-17(31)10-19(14)26-29(21-7-6-18(32)11-23(21)33-28(29)38)22(12-25(35)34-26)20-9-16(30)4-8-24(20)39-13-15(2)27(36)37/h3-11,15,22,26H,12-13H2,1-2H3,(H,33,38)(H,34,35)(H,36,37)/t15?,22-,26+,29-/m1/s1. The average Bonchev–Trinajstić information content (AvgIpc) is 3.16. The first-order valence-corrected chi connectivity index (χ1v) is 13.9. The Balaban J connectivity index is 1.77. The number of carbonyl (C=O) groups excluding carboxylic acids is 2. The predicted molar refractivity (Wildman–Crippen MR) is 153 cm³/mol. The van der Waals surface area contributed by atoms with Crippen molar-refractivity contribution in [1.29, 1.82) is 0 Å². The van der Waals surface area contributed by atoms with Crippen LogP contribution in [0.5, 0.6) is 5.75 Å². The van der Waals surface area contributed by atoms with E-state index in [9.17, 15) is 19.5 Å². The molecule has 5 rings (SSSR count). The number of fused-ring (bicyclic) bond motifs is 2. The van der Waals surface area contributed by atoms with Gasteiger partial charge in [0.2, 0.25) is 11.8 Å². The van der Waals surface area contributed by atoms with Crippen molar-refractivity contribution >= 4 is 62.6 Å². The van der Waals surface area contributed by atoms with Gasteiger partial charge in [0, 0.05) is 38.1 Å². The van der Waals surface area contributed by atoms with Gasteiger partial charge in [-0.2, -0.15) is 0 Å². The lowest BCUT2D eigenvalue weighted by atomic mass is 9.59. The number of aliphatic carboxylic acids is 1. The van der Waals surface area contributed by atoms with Gasteiger partial charge in [0.25, 0.3) is 0 Å². The molecule has 2 aliphatic rings. The van der Waals surface area contributed by atoms with E-state index in [4.69, 9.17) is 27.9 Å². The topological polar surface area (TPSA) is 105 Å². The monoisotopic (exact) mass is 630 g/mol. The molecule has 2 amide bonds. The predicted octanol–water partition coefficient (Wildman–Crippen LogP) is 6.40. The van der Waals surface area contributed by atoms with Gasteiger partial charge in [-0.25, -0.2) is 0 Å². The maximum Gasteiger partial charge on any atom is 0.309 e. The summed E-state index contributed by atoms with van der Waals surface area (Å²) in [5.41, 5.74) is 2.16. The van der Waals surface area contributed by atoms with E-state index in [-0.39, 0.29) is 24.8 Å². The fourth-order valence-electron chi connectivity index (χ4n) is 5.65. The van der Waals surface area contributed by atoms with Gasteiger partial charge in [-0.1, -0.05) is 51.3 Å². The smallest absolute Gasteiger partial charge is 0.309 e. The number of ether oxygens (including phenoxy) is 1. The summed E-state index contributed by atoms with van der Waals surface area (Å²) < 4.78 is 6.75. The second kappa shape index (κ2) is 10.5. The van der Waals surface area contributed by atoms with E-state index in [1.54, 1.807) is 43.3 Å². The minimum absolute atomic E-state index is 0.00705. The fourth-order valence-corrected chi connectivity index (χ4v) is 6.38. The minimum atomic E-state index is -1.29. The Labute approximate surface area is 244 Å². The second-order valence-electron chi connectivity index (χ2n) is 10.0. The molecule has 0 saturated carbocycles.